The summed E-state index contributed by atoms with van der Waals surface area (Å²) in [6.07, 6.45) is 4.34. The number of benzene rings is 1. The van der Waals surface area contributed by atoms with Gasteiger partial charge in [0, 0.05) is 23.2 Å². The van der Waals surface area contributed by atoms with Gasteiger partial charge in [0.15, 0.2) is 5.82 Å². The van der Waals surface area contributed by atoms with E-state index in [-0.39, 0.29) is 0 Å². The van der Waals surface area contributed by atoms with Crippen LogP contribution in [0.1, 0.15) is 41.0 Å². The molecule has 0 aliphatic carbocycles. The normalized spacial score (nSPS) is 18.3. The SMILES string of the molecule is Cc1nc([C@@H]2CCCN2Cc2cnc(-c3ccccc3C)s2)n[nH]1. The standard InChI is InChI=1S/C18H21N5S/c1-12-6-3-4-7-15(12)18-19-10-14(24-18)11-23-9-5-8-16(23)17-20-13(2)21-22-17/h3-4,6-7,10,16H,5,8-9,11H2,1-2H3,(H,20,21,22)/t16-/m0/s1. The molecule has 2 aromatic heterocycles. The number of nitrogens with one attached hydrogen (secondary N) is 1. The fraction of sp³-hybridized carbons (Fsp3) is 0.389. The number of likely N-dealkylation sites (tertiary alicyclic amines) is 1. The molecule has 1 N–H and O–H groups in total. The number of nitrogens with zero attached hydrogens (tertiary/aromatic N) is 4. The number of thiazole rings is 1. The number of aryl methyl sites for hydroxylation is 2. The van der Waals surface area contributed by atoms with Gasteiger partial charge in [-0.05, 0) is 38.8 Å². The summed E-state index contributed by atoms with van der Waals surface area (Å²) in [5.74, 6) is 1.81. The fourth-order valence-corrected chi connectivity index (χ4v) is 4.36. The van der Waals surface area contributed by atoms with Gasteiger partial charge >= 0.3 is 0 Å². The maximum atomic E-state index is 4.65. The van der Waals surface area contributed by atoms with Crippen LogP contribution in [0.4, 0.5) is 0 Å². The van der Waals surface area contributed by atoms with Gasteiger partial charge in [-0.25, -0.2) is 9.97 Å². The van der Waals surface area contributed by atoms with Crippen molar-refractivity contribution in [1.82, 2.24) is 25.1 Å². The Morgan fingerprint density at radius 3 is 2.96 bits per heavy atom. The number of aromatic nitrogens is 4. The van der Waals surface area contributed by atoms with E-state index < -0.39 is 0 Å². The number of hydrogen-bond donors (Lipinski definition) is 1. The molecule has 1 saturated heterocycles. The van der Waals surface area contributed by atoms with E-state index in [1.165, 1.54) is 22.4 Å². The van der Waals surface area contributed by atoms with Crippen LogP contribution in [0.3, 0.4) is 0 Å². The van der Waals surface area contributed by atoms with Crippen LogP contribution in [0.25, 0.3) is 10.6 Å². The second kappa shape index (κ2) is 6.45. The number of aromatic amines is 1. The highest BCUT2D eigenvalue weighted by atomic mass is 32.1. The van der Waals surface area contributed by atoms with Crippen molar-refractivity contribution >= 4 is 11.3 Å². The molecule has 0 spiro atoms. The second-order valence-corrected chi connectivity index (χ2v) is 7.47. The maximum absolute atomic E-state index is 4.65. The molecule has 0 amide bonds. The summed E-state index contributed by atoms with van der Waals surface area (Å²) in [6.45, 7) is 6.10. The van der Waals surface area contributed by atoms with E-state index in [2.05, 4.69) is 56.3 Å². The smallest absolute Gasteiger partial charge is 0.167 e. The fourth-order valence-electron chi connectivity index (χ4n) is 3.33. The topological polar surface area (TPSA) is 57.7 Å². The molecule has 0 bridgehead atoms. The number of rotatable bonds is 4. The molecule has 3 heterocycles. The molecule has 0 saturated carbocycles. The van der Waals surface area contributed by atoms with Crippen molar-refractivity contribution in [3.63, 3.8) is 0 Å². The van der Waals surface area contributed by atoms with Crippen LogP contribution >= 0.6 is 11.3 Å². The largest absolute Gasteiger partial charge is 0.288 e. The molecule has 1 aliphatic rings. The predicted molar refractivity (Wildman–Crippen MR) is 95.8 cm³/mol. The molecular weight excluding hydrogens is 318 g/mol. The van der Waals surface area contributed by atoms with Gasteiger partial charge in [-0.15, -0.1) is 11.3 Å². The summed E-state index contributed by atoms with van der Waals surface area (Å²) in [5, 5.41) is 8.43. The minimum atomic E-state index is 0.318. The Kier molecular flexibility index (Phi) is 4.16. The second-order valence-electron chi connectivity index (χ2n) is 6.35. The van der Waals surface area contributed by atoms with E-state index in [0.717, 1.165) is 36.2 Å². The van der Waals surface area contributed by atoms with Gasteiger partial charge < -0.3 is 0 Å². The monoisotopic (exact) mass is 339 g/mol. The third-order valence-electron chi connectivity index (χ3n) is 4.56. The van der Waals surface area contributed by atoms with Gasteiger partial charge in [-0.1, -0.05) is 24.3 Å². The van der Waals surface area contributed by atoms with Gasteiger partial charge in [-0.3, -0.25) is 10.00 Å². The van der Waals surface area contributed by atoms with Crippen molar-refractivity contribution in [1.29, 1.82) is 0 Å². The highest BCUT2D eigenvalue weighted by Crippen LogP contribution is 2.34. The van der Waals surface area contributed by atoms with Crippen LogP contribution < -0.4 is 0 Å². The average molecular weight is 339 g/mol. The molecule has 124 valence electrons. The van der Waals surface area contributed by atoms with Crippen molar-refractivity contribution in [3.8, 4) is 10.6 Å². The van der Waals surface area contributed by atoms with E-state index in [4.69, 9.17) is 0 Å². The molecule has 24 heavy (non-hydrogen) atoms. The molecule has 0 unspecified atom stereocenters. The zero-order valence-electron chi connectivity index (χ0n) is 14.0. The summed E-state index contributed by atoms with van der Waals surface area (Å²) in [5.41, 5.74) is 2.50. The average Bonchev–Trinajstić information content (AvgIpc) is 3.29. The molecule has 1 aliphatic heterocycles. The number of hydrogen-bond acceptors (Lipinski definition) is 5. The molecule has 1 fully saturated rings. The van der Waals surface area contributed by atoms with Crippen molar-refractivity contribution in [2.24, 2.45) is 0 Å². The highest BCUT2D eigenvalue weighted by Gasteiger charge is 2.29. The van der Waals surface area contributed by atoms with Gasteiger partial charge in [0.2, 0.25) is 0 Å². The lowest BCUT2D eigenvalue weighted by Gasteiger charge is -2.20. The zero-order chi connectivity index (χ0) is 16.5. The van der Waals surface area contributed by atoms with E-state index in [1.54, 1.807) is 11.3 Å². The molecule has 1 aromatic carbocycles. The summed E-state index contributed by atoms with van der Waals surface area (Å²) in [6, 6.07) is 8.75. The first kappa shape index (κ1) is 15.5. The van der Waals surface area contributed by atoms with Crippen molar-refractivity contribution in [2.75, 3.05) is 6.54 Å². The molecule has 5 nitrogen and oxygen atoms in total. The molecular formula is C18H21N5S. The Hall–Kier alpha value is -2.05. The minimum Gasteiger partial charge on any atom is -0.288 e. The van der Waals surface area contributed by atoms with Crippen molar-refractivity contribution < 1.29 is 0 Å². The Labute approximate surface area is 145 Å². The first-order chi connectivity index (χ1) is 11.7. The third kappa shape index (κ3) is 2.99. The summed E-state index contributed by atoms with van der Waals surface area (Å²) < 4.78 is 0. The lowest BCUT2D eigenvalue weighted by atomic mass is 10.1. The molecule has 1 atom stereocenters. The van der Waals surface area contributed by atoms with Crippen LogP contribution in [-0.2, 0) is 6.54 Å². The van der Waals surface area contributed by atoms with Gasteiger partial charge in [0.1, 0.15) is 10.8 Å². The predicted octanol–water partition coefficient (Wildman–Crippen LogP) is 3.88. The molecule has 6 heteroatoms. The Morgan fingerprint density at radius 1 is 1.29 bits per heavy atom. The lowest BCUT2D eigenvalue weighted by Crippen LogP contribution is -2.23. The maximum Gasteiger partial charge on any atom is 0.167 e. The van der Waals surface area contributed by atoms with Gasteiger partial charge in [0.05, 0.1) is 6.04 Å². The Morgan fingerprint density at radius 2 is 2.17 bits per heavy atom. The van der Waals surface area contributed by atoms with Crippen molar-refractivity contribution in [3.05, 3.63) is 52.6 Å². The third-order valence-corrected chi connectivity index (χ3v) is 5.58. The van der Waals surface area contributed by atoms with E-state index in [9.17, 15) is 0 Å². The molecule has 0 radical (unpaired) electrons. The van der Waals surface area contributed by atoms with E-state index in [1.807, 2.05) is 13.1 Å². The van der Waals surface area contributed by atoms with Crippen LogP contribution in [0.5, 0.6) is 0 Å². The van der Waals surface area contributed by atoms with Gasteiger partial charge in [0.25, 0.3) is 0 Å². The van der Waals surface area contributed by atoms with Crippen LogP contribution in [0, 0.1) is 13.8 Å². The Balaban J connectivity index is 1.52. The van der Waals surface area contributed by atoms with Crippen LogP contribution in [0.2, 0.25) is 0 Å². The lowest BCUT2D eigenvalue weighted by molar-refractivity contribution is 0.242. The van der Waals surface area contributed by atoms with Crippen LogP contribution in [-0.4, -0.2) is 31.6 Å². The minimum absolute atomic E-state index is 0.318. The van der Waals surface area contributed by atoms with E-state index >= 15 is 0 Å². The first-order valence-corrected chi connectivity index (χ1v) is 9.16. The molecule has 4 rings (SSSR count). The zero-order valence-corrected chi connectivity index (χ0v) is 14.8. The quantitative estimate of drug-likeness (QED) is 0.783. The van der Waals surface area contributed by atoms with Crippen molar-refractivity contribution in [2.45, 2.75) is 39.3 Å². The summed E-state index contributed by atoms with van der Waals surface area (Å²) >= 11 is 1.79. The highest BCUT2D eigenvalue weighted by molar-refractivity contribution is 7.15. The molecule has 3 aromatic rings. The van der Waals surface area contributed by atoms with Crippen LogP contribution in [0.15, 0.2) is 30.5 Å². The first-order valence-electron chi connectivity index (χ1n) is 8.34. The number of H-pyrrole nitrogens is 1. The summed E-state index contributed by atoms with van der Waals surface area (Å²) in [4.78, 5) is 12.9. The Bertz CT molecular complexity index is 837. The summed E-state index contributed by atoms with van der Waals surface area (Å²) in [7, 11) is 0. The van der Waals surface area contributed by atoms with E-state index in [0.29, 0.717) is 6.04 Å². The van der Waals surface area contributed by atoms with Gasteiger partial charge in [-0.2, -0.15) is 5.10 Å².